The molecule has 0 bridgehead atoms. The summed E-state index contributed by atoms with van der Waals surface area (Å²) in [6, 6.07) is 21.1. The van der Waals surface area contributed by atoms with Crippen LogP contribution in [0.25, 0.3) is 21.8 Å². The standard InChI is InChI=1S/C27H29N5S/c1-18-7-6-10-22(17-18)24-25(33-26(32-24)21-11-14-28-15-12-21)23-13-16-29-27(31-23)30-19(2)20-8-4-3-5-9-20/h3-10,13,16-17,19,21,28H,11-12,14-15H2,1-2H3,(H,29,30,31)/t19-/m0/s1. The molecule has 4 aromatic rings. The van der Waals surface area contributed by atoms with E-state index in [1.165, 1.54) is 16.1 Å². The smallest absolute Gasteiger partial charge is 0.223 e. The quantitative estimate of drug-likeness (QED) is 0.362. The fraction of sp³-hybridized carbons (Fsp3) is 0.296. The first-order valence-corrected chi connectivity index (χ1v) is 12.4. The highest BCUT2D eigenvalue weighted by Gasteiger charge is 2.23. The first kappa shape index (κ1) is 21.7. The Labute approximate surface area is 199 Å². The number of hydrogen-bond acceptors (Lipinski definition) is 6. The molecule has 1 atom stereocenters. The topological polar surface area (TPSA) is 62.7 Å². The van der Waals surface area contributed by atoms with E-state index in [2.05, 4.69) is 78.0 Å². The van der Waals surface area contributed by atoms with Crippen LogP contribution in [0.3, 0.4) is 0 Å². The Kier molecular flexibility index (Phi) is 6.46. The van der Waals surface area contributed by atoms with Gasteiger partial charge in [-0.15, -0.1) is 11.3 Å². The van der Waals surface area contributed by atoms with Crippen LogP contribution in [0.4, 0.5) is 5.95 Å². The highest BCUT2D eigenvalue weighted by molar-refractivity contribution is 7.15. The highest BCUT2D eigenvalue weighted by Crippen LogP contribution is 2.40. The van der Waals surface area contributed by atoms with Gasteiger partial charge >= 0.3 is 0 Å². The Balaban J connectivity index is 1.51. The number of anilines is 1. The summed E-state index contributed by atoms with van der Waals surface area (Å²) in [6.45, 7) is 6.36. The van der Waals surface area contributed by atoms with Crippen molar-refractivity contribution in [3.63, 3.8) is 0 Å². The summed E-state index contributed by atoms with van der Waals surface area (Å²) in [6.07, 6.45) is 4.10. The zero-order chi connectivity index (χ0) is 22.6. The number of aromatic nitrogens is 3. The van der Waals surface area contributed by atoms with Crippen LogP contribution in [0.15, 0.2) is 66.9 Å². The fourth-order valence-electron chi connectivity index (χ4n) is 4.32. The van der Waals surface area contributed by atoms with Crippen molar-refractivity contribution in [2.75, 3.05) is 18.4 Å². The molecule has 1 aliphatic heterocycles. The van der Waals surface area contributed by atoms with Gasteiger partial charge in [0.15, 0.2) is 0 Å². The first-order valence-electron chi connectivity index (χ1n) is 11.6. The van der Waals surface area contributed by atoms with Gasteiger partial charge in [0.25, 0.3) is 0 Å². The molecule has 2 aromatic carbocycles. The molecule has 0 spiro atoms. The van der Waals surface area contributed by atoms with Gasteiger partial charge < -0.3 is 10.6 Å². The number of nitrogens with one attached hydrogen (secondary N) is 2. The normalized spacial score (nSPS) is 15.3. The molecule has 5 rings (SSSR count). The van der Waals surface area contributed by atoms with Crippen molar-refractivity contribution in [3.05, 3.63) is 83.0 Å². The zero-order valence-corrected chi connectivity index (χ0v) is 19.9. The third kappa shape index (κ3) is 4.97. The summed E-state index contributed by atoms with van der Waals surface area (Å²) < 4.78 is 0. The van der Waals surface area contributed by atoms with Crippen LogP contribution < -0.4 is 10.6 Å². The third-order valence-corrected chi connectivity index (χ3v) is 7.40. The van der Waals surface area contributed by atoms with Crippen molar-refractivity contribution < 1.29 is 0 Å². The number of nitrogens with zero attached hydrogens (tertiary/aromatic N) is 3. The van der Waals surface area contributed by atoms with Crippen LogP contribution >= 0.6 is 11.3 Å². The second-order valence-corrected chi connectivity index (χ2v) is 9.70. The van der Waals surface area contributed by atoms with E-state index >= 15 is 0 Å². The highest BCUT2D eigenvalue weighted by atomic mass is 32.1. The molecule has 0 radical (unpaired) electrons. The number of aryl methyl sites for hydroxylation is 1. The predicted octanol–water partition coefficient (Wildman–Crippen LogP) is 6.22. The van der Waals surface area contributed by atoms with E-state index in [0.717, 1.165) is 47.8 Å². The molecule has 33 heavy (non-hydrogen) atoms. The minimum absolute atomic E-state index is 0.115. The molecule has 1 aliphatic rings. The predicted molar refractivity (Wildman–Crippen MR) is 137 cm³/mol. The van der Waals surface area contributed by atoms with Crippen molar-refractivity contribution in [2.24, 2.45) is 0 Å². The van der Waals surface area contributed by atoms with Gasteiger partial charge in [0.05, 0.1) is 27.3 Å². The SMILES string of the molecule is Cc1cccc(-c2nc(C3CCNCC3)sc2-c2ccnc(N[C@@H](C)c3ccccc3)n2)c1. The van der Waals surface area contributed by atoms with E-state index in [-0.39, 0.29) is 6.04 Å². The monoisotopic (exact) mass is 455 g/mol. The maximum atomic E-state index is 5.17. The van der Waals surface area contributed by atoms with Crippen molar-refractivity contribution in [2.45, 2.75) is 38.6 Å². The van der Waals surface area contributed by atoms with Crippen molar-refractivity contribution in [1.82, 2.24) is 20.3 Å². The minimum atomic E-state index is 0.115. The lowest BCUT2D eigenvalue weighted by Gasteiger charge is -2.20. The molecular formula is C27H29N5S. The molecule has 168 valence electrons. The molecule has 1 fully saturated rings. The second-order valence-electron chi connectivity index (χ2n) is 8.67. The number of thiazole rings is 1. The van der Waals surface area contributed by atoms with Gasteiger partial charge in [-0.05, 0) is 57.5 Å². The van der Waals surface area contributed by atoms with Crippen LogP contribution in [0.1, 0.15) is 47.9 Å². The summed E-state index contributed by atoms with van der Waals surface area (Å²) >= 11 is 1.79. The van der Waals surface area contributed by atoms with Crippen molar-refractivity contribution >= 4 is 17.3 Å². The largest absolute Gasteiger partial charge is 0.348 e. The Bertz CT molecular complexity index is 1210. The number of piperidine rings is 1. The van der Waals surface area contributed by atoms with Crippen LogP contribution in [0, 0.1) is 6.92 Å². The van der Waals surface area contributed by atoms with E-state index in [1.807, 2.05) is 18.3 Å². The lowest BCUT2D eigenvalue weighted by atomic mass is 9.99. The van der Waals surface area contributed by atoms with Gasteiger partial charge in [0, 0.05) is 17.7 Å². The molecule has 1 saturated heterocycles. The van der Waals surface area contributed by atoms with Gasteiger partial charge in [0.2, 0.25) is 5.95 Å². The summed E-state index contributed by atoms with van der Waals surface area (Å²) in [5.74, 6) is 1.14. The van der Waals surface area contributed by atoms with Gasteiger partial charge in [-0.3, -0.25) is 0 Å². The van der Waals surface area contributed by atoms with E-state index in [0.29, 0.717) is 11.9 Å². The lowest BCUT2D eigenvalue weighted by molar-refractivity contribution is 0.459. The van der Waals surface area contributed by atoms with E-state index in [9.17, 15) is 0 Å². The van der Waals surface area contributed by atoms with Crippen LogP contribution in [-0.2, 0) is 0 Å². The van der Waals surface area contributed by atoms with Gasteiger partial charge in [-0.2, -0.15) is 0 Å². The molecule has 2 N–H and O–H groups in total. The third-order valence-electron chi connectivity index (χ3n) is 6.16. The Morgan fingerprint density at radius 1 is 1.00 bits per heavy atom. The molecule has 2 aromatic heterocycles. The summed E-state index contributed by atoms with van der Waals surface area (Å²) in [5, 5.41) is 8.14. The number of rotatable bonds is 6. The molecular weight excluding hydrogens is 426 g/mol. The summed E-state index contributed by atoms with van der Waals surface area (Å²) in [5.41, 5.74) is 5.53. The first-order chi connectivity index (χ1) is 16.2. The molecule has 6 heteroatoms. The summed E-state index contributed by atoms with van der Waals surface area (Å²) in [4.78, 5) is 15.7. The van der Waals surface area contributed by atoms with Crippen LogP contribution in [-0.4, -0.2) is 28.0 Å². The van der Waals surface area contributed by atoms with E-state index in [1.54, 1.807) is 11.3 Å². The lowest BCUT2D eigenvalue weighted by Crippen LogP contribution is -2.26. The molecule has 0 saturated carbocycles. The Hall–Kier alpha value is -3.09. The maximum absolute atomic E-state index is 5.17. The Morgan fingerprint density at radius 3 is 2.61 bits per heavy atom. The average molecular weight is 456 g/mol. The van der Waals surface area contributed by atoms with Crippen LogP contribution in [0.2, 0.25) is 0 Å². The average Bonchev–Trinajstić information content (AvgIpc) is 3.31. The minimum Gasteiger partial charge on any atom is -0.348 e. The molecule has 5 nitrogen and oxygen atoms in total. The Morgan fingerprint density at radius 2 is 1.82 bits per heavy atom. The summed E-state index contributed by atoms with van der Waals surface area (Å²) in [7, 11) is 0. The molecule has 0 amide bonds. The van der Waals surface area contributed by atoms with Gasteiger partial charge in [-0.25, -0.2) is 15.0 Å². The zero-order valence-electron chi connectivity index (χ0n) is 19.1. The maximum Gasteiger partial charge on any atom is 0.223 e. The van der Waals surface area contributed by atoms with Crippen molar-refractivity contribution in [1.29, 1.82) is 0 Å². The van der Waals surface area contributed by atoms with Gasteiger partial charge in [-0.1, -0.05) is 54.1 Å². The van der Waals surface area contributed by atoms with E-state index in [4.69, 9.17) is 9.97 Å². The fourth-order valence-corrected chi connectivity index (χ4v) is 5.54. The van der Waals surface area contributed by atoms with Gasteiger partial charge in [0.1, 0.15) is 0 Å². The van der Waals surface area contributed by atoms with E-state index < -0.39 is 0 Å². The van der Waals surface area contributed by atoms with Crippen LogP contribution in [0.5, 0.6) is 0 Å². The number of benzene rings is 2. The molecule has 0 unspecified atom stereocenters. The second kappa shape index (κ2) is 9.81. The molecule has 3 heterocycles. The van der Waals surface area contributed by atoms with Crippen molar-refractivity contribution in [3.8, 4) is 21.8 Å². The number of hydrogen-bond donors (Lipinski definition) is 2. The molecule has 0 aliphatic carbocycles.